The molecule has 6 nitrogen and oxygen atoms in total. The Morgan fingerprint density at radius 3 is 2.90 bits per heavy atom. The van der Waals surface area contributed by atoms with E-state index in [1.165, 1.54) is 23.1 Å². The molecule has 2 aromatic heterocycles. The predicted octanol–water partition coefficient (Wildman–Crippen LogP) is 1.25. The quantitative estimate of drug-likeness (QED) is 0.766. The molecule has 2 rings (SSSR count). The Kier molecular flexibility index (Phi) is 4.46. The maximum Gasteiger partial charge on any atom is 0.321 e. The Morgan fingerprint density at radius 1 is 1.55 bits per heavy atom. The van der Waals surface area contributed by atoms with E-state index in [9.17, 15) is 9.59 Å². The summed E-state index contributed by atoms with van der Waals surface area (Å²) in [7, 11) is 0. The van der Waals surface area contributed by atoms with Crippen LogP contribution in [-0.2, 0) is 10.5 Å². The number of hydrogen-bond donors (Lipinski definition) is 3. The fraction of sp³-hybridized carbons (Fsp3) is 0.417. The summed E-state index contributed by atoms with van der Waals surface area (Å²) in [5.74, 6) is 0.229. The normalized spacial score (nSPS) is 12.8. The number of rotatable bonds is 5. The zero-order valence-corrected chi connectivity index (χ0v) is 12.7. The molecule has 20 heavy (non-hydrogen) atoms. The van der Waals surface area contributed by atoms with Crippen LogP contribution in [0.3, 0.4) is 0 Å². The van der Waals surface area contributed by atoms with Crippen LogP contribution in [0.1, 0.15) is 16.3 Å². The smallest absolute Gasteiger partial charge is 0.321 e. The van der Waals surface area contributed by atoms with E-state index in [4.69, 9.17) is 10.8 Å². The first-order chi connectivity index (χ1) is 9.40. The molecule has 2 heterocycles. The number of thioether (sulfide) groups is 1. The summed E-state index contributed by atoms with van der Waals surface area (Å²) in [6.45, 7) is 3.87. The number of aromatic nitrogens is 2. The standard InChI is InChI=1S/C12H15N3O3S2/c1-5-6(2)20-11-9(5)10(16)14-8(15-11)4-19-3-7(13)12(17)18/h7H,3-4,13H2,1-2H3,(H,17,18)(H,14,15,16)/t7-/m1/s1. The monoisotopic (exact) mass is 313 g/mol. The number of nitrogens with two attached hydrogens (primary N) is 1. The van der Waals surface area contributed by atoms with Crippen LogP contribution in [-0.4, -0.2) is 32.8 Å². The van der Waals surface area contributed by atoms with Gasteiger partial charge in [0.05, 0.1) is 11.1 Å². The first kappa shape index (κ1) is 15.0. The van der Waals surface area contributed by atoms with Gasteiger partial charge in [-0.3, -0.25) is 9.59 Å². The number of hydrogen-bond acceptors (Lipinski definition) is 6. The fourth-order valence-corrected chi connectivity index (χ4v) is 3.61. The number of aromatic amines is 1. The maximum absolute atomic E-state index is 12.0. The number of nitrogens with zero attached hydrogens (tertiary/aromatic N) is 1. The number of carboxylic acids is 1. The van der Waals surface area contributed by atoms with Crippen molar-refractivity contribution in [2.45, 2.75) is 25.6 Å². The van der Waals surface area contributed by atoms with E-state index in [1.54, 1.807) is 0 Å². The number of thiophene rings is 1. The summed E-state index contributed by atoms with van der Waals surface area (Å²) < 4.78 is 0. The van der Waals surface area contributed by atoms with Crippen molar-refractivity contribution in [1.82, 2.24) is 9.97 Å². The van der Waals surface area contributed by atoms with Crippen molar-refractivity contribution in [3.8, 4) is 0 Å². The Morgan fingerprint density at radius 2 is 2.25 bits per heavy atom. The lowest BCUT2D eigenvalue weighted by molar-refractivity contribution is -0.137. The third-order valence-electron chi connectivity index (χ3n) is 2.94. The summed E-state index contributed by atoms with van der Waals surface area (Å²) in [5.41, 5.74) is 6.23. The van der Waals surface area contributed by atoms with Crippen LogP contribution in [0.25, 0.3) is 10.2 Å². The molecule has 8 heteroatoms. The molecule has 108 valence electrons. The van der Waals surface area contributed by atoms with Gasteiger partial charge in [0.25, 0.3) is 5.56 Å². The first-order valence-electron chi connectivity index (χ1n) is 5.95. The highest BCUT2D eigenvalue weighted by Crippen LogP contribution is 2.26. The van der Waals surface area contributed by atoms with Gasteiger partial charge in [0.2, 0.25) is 0 Å². The Bertz CT molecular complexity index is 708. The third-order valence-corrected chi connectivity index (χ3v) is 5.12. The second-order valence-corrected chi connectivity index (χ2v) is 6.67. The van der Waals surface area contributed by atoms with E-state index in [0.29, 0.717) is 17.0 Å². The van der Waals surface area contributed by atoms with Gasteiger partial charge in [-0.2, -0.15) is 11.8 Å². The van der Waals surface area contributed by atoms with Gasteiger partial charge in [-0.25, -0.2) is 4.98 Å². The van der Waals surface area contributed by atoms with E-state index >= 15 is 0 Å². The molecule has 0 fully saturated rings. The molecule has 0 radical (unpaired) electrons. The van der Waals surface area contributed by atoms with Gasteiger partial charge < -0.3 is 15.8 Å². The summed E-state index contributed by atoms with van der Waals surface area (Å²) in [4.78, 5) is 31.6. The Labute approximate surface area is 123 Å². The number of aryl methyl sites for hydroxylation is 2. The molecule has 0 saturated carbocycles. The molecule has 0 aromatic carbocycles. The molecule has 0 aliphatic carbocycles. The van der Waals surface area contributed by atoms with Crippen molar-refractivity contribution in [3.63, 3.8) is 0 Å². The highest BCUT2D eigenvalue weighted by molar-refractivity contribution is 7.98. The molecule has 0 aliphatic heterocycles. The van der Waals surface area contributed by atoms with Gasteiger partial charge in [-0.1, -0.05) is 0 Å². The molecule has 4 N–H and O–H groups in total. The summed E-state index contributed by atoms with van der Waals surface area (Å²) in [6, 6.07) is -0.901. The van der Waals surface area contributed by atoms with Gasteiger partial charge in [0, 0.05) is 10.6 Å². The molecule has 0 spiro atoms. The number of nitrogens with one attached hydrogen (secondary N) is 1. The van der Waals surface area contributed by atoms with Gasteiger partial charge in [-0.05, 0) is 19.4 Å². The zero-order valence-electron chi connectivity index (χ0n) is 11.1. The van der Waals surface area contributed by atoms with Crippen LogP contribution >= 0.6 is 23.1 Å². The number of carboxylic acid groups (broad SMARTS) is 1. The molecule has 0 bridgehead atoms. The third kappa shape index (κ3) is 3.02. The maximum atomic E-state index is 12.0. The van der Waals surface area contributed by atoms with Gasteiger partial charge in [0.1, 0.15) is 16.7 Å². The summed E-state index contributed by atoms with van der Waals surface area (Å²) >= 11 is 2.83. The number of aliphatic carboxylic acids is 1. The largest absolute Gasteiger partial charge is 0.480 e. The number of fused-ring (bicyclic) bond motifs is 1. The minimum Gasteiger partial charge on any atom is -0.480 e. The second-order valence-electron chi connectivity index (χ2n) is 4.44. The topological polar surface area (TPSA) is 109 Å². The SMILES string of the molecule is Cc1sc2nc(CSC[C@@H](N)C(=O)O)[nH]c(=O)c2c1C. The Balaban J connectivity index is 2.16. The molecule has 2 aromatic rings. The van der Waals surface area contributed by atoms with Crippen molar-refractivity contribution in [2.75, 3.05) is 5.75 Å². The average Bonchev–Trinajstić information content (AvgIpc) is 2.65. The minimum absolute atomic E-state index is 0.144. The average molecular weight is 313 g/mol. The molecule has 1 atom stereocenters. The minimum atomic E-state index is -1.03. The molecule has 0 amide bonds. The molecule has 0 aliphatic rings. The highest BCUT2D eigenvalue weighted by atomic mass is 32.2. The molecule has 0 saturated heterocycles. The second kappa shape index (κ2) is 5.94. The van der Waals surface area contributed by atoms with Crippen molar-refractivity contribution in [1.29, 1.82) is 0 Å². The van der Waals surface area contributed by atoms with Gasteiger partial charge >= 0.3 is 5.97 Å². The molecular formula is C12H15N3O3S2. The highest BCUT2D eigenvalue weighted by Gasteiger charge is 2.14. The van der Waals surface area contributed by atoms with E-state index in [1.807, 2.05) is 13.8 Å². The predicted molar refractivity (Wildman–Crippen MR) is 81.5 cm³/mol. The lowest BCUT2D eigenvalue weighted by Crippen LogP contribution is -2.32. The first-order valence-corrected chi connectivity index (χ1v) is 7.92. The number of H-pyrrole nitrogens is 1. The summed E-state index contributed by atoms with van der Waals surface area (Å²) in [6.07, 6.45) is 0. The number of carbonyl (C=O) groups is 1. The summed E-state index contributed by atoms with van der Waals surface area (Å²) in [5, 5.41) is 9.33. The van der Waals surface area contributed by atoms with Crippen LogP contribution in [0.4, 0.5) is 0 Å². The van der Waals surface area contributed by atoms with Crippen molar-refractivity contribution < 1.29 is 9.90 Å². The fourth-order valence-electron chi connectivity index (χ4n) is 1.72. The molecular weight excluding hydrogens is 298 g/mol. The van der Waals surface area contributed by atoms with Gasteiger partial charge in [-0.15, -0.1) is 11.3 Å². The van der Waals surface area contributed by atoms with E-state index in [0.717, 1.165) is 15.3 Å². The van der Waals surface area contributed by atoms with Crippen molar-refractivity contribution in [3.05, 3.63) is 26.6 Å². The van der Waals surface area contributed by atoms with Crippen molar-refractivity contribution >= 4 is 39.3 Å². The van der Waals surface area contributed by atoms with Crippen molar-refractivity contribution in [2.24, 2.45) is 5.73 Å². The van der Waals surface area contributed by atoms with E-state index < -0.39 is 12.0 Å². The van der Waals surface area contributed by atoms with Crippen LogP contribution in [0, 0.1) is 13.8 Å². The van der Waals surface area contributed by atoms with E-state index in [-0.39, 0.29) is 11.3 Å². The Hall–Kier alpha value is -1.38. The van der Waals surface area contributed by atoms with Crippen LogP contribution in [0.5, 0.6) is 0 Å². The van der Waals surface area contributed by atoms with Gasteiger partial charge in [0.15, 0.2) is 0 Å². The molecule has 0 unspecified atom stereocenters. The van der Waals surface area contributed by atoms with Crippen LogP contribution in [0.2, 0.25) is 0 Å². The van der Waals surface area contributed by atoms with E-state index in [2.05, 4.69) is 9.97 Å². The zero-order chi connectivity index (χ0) is 14.9. The van der Waals surface area contributed by atoms with Crippen LogP contribution in [0.15, 0.2) is 4.79 Å². The lowest BCUT2D eigenvalue weighted by atomic mass is 10.2. The lowest BCUT2D eigenvalue weighted by Gasteiger charge is -2.05. The van der Waals surface area contributed by atoms with Crippen LogP contribution < -0.4 is 11.3 Å².